The molecule has 1 atom stereocenters. The van der Waals surface area contributed by atoms with Gasteiger partial charge in [0.05, 0.1) is 5.75 Å². The largest absolute Gasteiger partial charge is 0.483 e. The number of nitrogens with zero attached hydrogens (tertiary/aromatic N) is 3. The van der Waals surface area contributed by atoms with E-state index in [1.807, 2.05) is 68.8 Å². The molecule has 0 aliphatic carbocycles. The van der Waals surface area contributed by atoms with Gasteiger partial charge in [0.25, 0.3) is 0 Å². The van der Waals surface area contributed by atoms with Gasteiger partial charge in [0.15, 0.2) is 17.1 Å². The topological polar surface area (TPSA) is 69.0 Å². The Hall–Kier alpha value is -2.51. The number of hydrogen-bond acceptors (Lipinski definition) is 5. The molecular weight excluding hydrogens is 408 g/mol. The van der Waals surface area contributed by atoms with Crippen molar-refractivity contribution >= 4 is 35.0 Å². The Morgan fingerprint density at radius 2 is 2.00 bits per heavy atom. The highest BCUT2D eigenvalue weighted by atomic mass is 35.5. The molecule has 0 saturated carbocycles. The smallest absolute Gasteiger partial charge is 0.234 e. The molecule has 1 aromatic heterocycles. The molecule has 1 unspecified atom stereocenters. The van der Waals surface area contributed by atoms with Crippen molar-refractivity contribution in [1.82, 2.24) is 14.8 Å². The molecule has 0 radical (unpaired) electrons. The summed E-state index contributed by atoms with van der Waals surface area (Å²) in [7, 11) is 1.87. The number of thioether (sulfide) groups is 1. The highest BCUT2D eigenvalue weighted by Gasteiger charge is 2.18. The lowest BCUT2D eigenvalue weighted by molar-refractivity contribution is -0.113. The van der Waals surface area contributed by atoms with Crippen LogP contribution in [0, 0.1) is 13.8 Å². The van der Waals surface area contributed by atoms with Crippen LogP contribution in [0.15, 0.2) is 47.6 Å². The molecule has 3 aromatic rings. The number of benzene rings is 2. The molecule has 0 saturated heterocycles. The van der Waals surface area contributed by atoms with Gasteiger partial charge in [-0.25, -0.2) is 0 Å². The number of carbonyl (C=O) groups excluding carboxylic acids is 1. The zero-order valence-corrected chi connectivity index (χ0v) is 18.3. The average molecular weight is 431 g/mol. The van der Waals surface area contributed by atoms with Crippen molar-refractivity contribution in [3.05, 3.63) is 64.4 Å². The number of ether oxygens (including phenoxy) is 1. The van der Waals surface area contributed by atoms with E-state index in [0.717, 1.165) is 16.9 Å². The summed E-state index contributed by atoms with van der Waals surface area (Å²) < 4.78 is 7.83. The zero-order chi connectivity index (χ0) is 21.0. The van der Waals surface area contributed by atoms with E-state index in [1.54, 1.807) is 6.07 Å². The first-order chi connectivity index (χ1) is 13.8. The van der Waals surface area contributed by atoms with Crippen LogP contribution in [-0.4, -0.2) is 26.4 Å². The van der Waals surface area contributed by atoms with Crippen molar-refractivity contribution < 1.29 is 9.53 Å². The standard InChI is InChI=1S/C21H23ClN4O2S/c1-13-7-5-8-16(11-13)28-15(3)20-24-25-21(26(20)4)29-12-19(27)23-18-10-6-9-17(22)14(18)2/h5-11,15H,12H2,1-4H3,(H,23,27). The van der Waals surface area contributed by atoms with E-state index in [2.05, 4.69) is 15.5 Å². The number of anilines is 1. The van der Waals surface area contributed by atoms with Crippen LogP contribution in [0.1, 0.15) is 30.0 Å². The highest BCUT2D eigenvalue weighted by molar-refractivity contribution is 7.99. The maximum atomic E-state index is 12.3. The number of halogens is 1. The molecule has 1 N–H and O–H groups in total. The molecule has 0 fully saturated rings. The van der Waals surface area contributed by atoms with Crippen LogP contribution in [0.4, 0.5) is 5.69 Å². The minimum absolute atomic E-state index is 0.131. The summed E-state index contributed by atoms with van der Waals surface area (Å²) in [5.41, 5.74) is 2.68. The first-order valence-electron chi connectivity index (χ1n) is 9.15. The normalized spacial score (nSPS) is 11.9. The second-order valence-electron chi connectivity index (χ2n) is 6.73. The predicted octanol–water partition coefficient (Wildman–Crippen LogP) is 4.96. The van der Waals surface area contributed by atoms with E-state index < -0.39 is 0 Å². The van der Waals surface area contributed by atoms with Gasteiger partial charge < -0.3 is 14.6 Å². The lowest BCUT2D eigenvalue weighted by atomic mass is 10.2. The molecule has 3 rings (SSSR count). The fourth-order valence-corrected chi connectivity index (χ4v) is 3.70. The minimum atomic E-state index is -0.272. The Balaban J connectivity index is 1.60. The number of aryl methyl sites for hydroxylation is 1. The average Bonchev–Trinajstić information content (AvgIpc) is 3.04. The van der Waals surface area contributed by atoms with E-state index in [0.29, 0.717) is 21.7 Å². The summed E-state index contributed by atoms with van der Waals surface area (Å²) in [5.74, 6) is 1.56. The number of hydrogen-bond donors (Lipinski definition) is 1. The van der Waals surface area contributed by atoms with Crippen LogP contribution < -0.4 is 10.1 Å². The predicted molar refractivity (Wildman–Crippen MR) is 117 cm³/mol. The number of amides is 1. The number of aromatic nitrogens is 3. The third kappa shape index (κ3) is 5.31. The number of carbonyl (C=O) groups is 1. The van der Waals surface area contributed by atoms with E-state index in [4.69, 9.17) is 16.3 Å². The van der Waals surface area contributed by atoms with Crippen LogP contribution in [-0.2, 0) is 11.8 Å². The van der Waals surface area contributed by atoms with E-state index in [9.17, 15) is 4.79 Å². The lowest BCUT2D eigenvalue weighted by Crippen LogP contribution is -2.15. The Morgan fingerprint density at radius 3 is 2.76 bits per heavy atom. The summed E-state index contributed by atoms with van der Waals surface area (Å²) in [4.78, 5) is 12.3. The van der Waals surface area contributed by atoms with Gasteiger partial charge >= 0.3 is 0 Å². The third-order valence-electron chi connectivity index (χ3n) is 4.41. The van der Waals surface area contributed by atoms with Crippen molar-refractivity contribution in [2.24, 2.45) is 7.05 Å². The molecule has 0 spiro atoms. The van der Waals surface area contributed by atoms with Crippen LogP contribution in [0.25, 0.3) is 0 Å². The fourth-order valence-electron chi connectivity index (χ4n) is 2.81. The van der Waals surface area contributed by atoms with E-state index in [-0.39, 0.29) is 17.8 Å². The van der Waals surface area contributed by atoms with Crippen molar-refractivity contribution in [1.29, 1.82) is 0 Å². The van der Waals surface area contributed by atoms with Crippen molar-refractivity contribution in [2.45, 2.75) is 32.0 Å². The molecule has 6 nitrogen and oxygen atoms in total. The molecule has 0 aliphatic heterocycles. The molecular formula is C21H23ClN4O2S. The van der Waals surface area contributed by atoms with Crippen molar-refractivity contribution in [3.63, 3.8) is 0 Å². The number of nitrogens with one attached hydrogen (secondary N) is 1. The van der Waals surface area contributed by atoms with Gasteiger partial charge in [-0.1, -0.05) is 41.6 Å². The van der Waals surface area contributed by atoms with Gasteiger partial charge in [0.1, 0.15) is 5.75 Å². The summed E-state index contributed by atoms with van der Waals surface area (Å²) in [6.07, 6.45) is -0.272. The second kappa shape index (κ2) is 9.33. The molecule has 0 aliphatic rings. The highest BCUT2D eigenvalue weighted by Crippen LogP contribution is 2.25. The third-order valence-corrected chi connectivity index (χ3v) is 5.84. The summed E-state index contributed by atoms with van der Waals surface area (Å²) in [6.45, 7) is 5.82. The van der Waals surface area contributed by atoms with Crippen LogP contribution in [0.5, 0.6) is 5.75 Å². The van der Waals surface area contributed by atoms with E-state index >= 15 is 0 Å². The molecule has 2 aromatic carbocycles. The lowest BCUT2D eigenvalue weighted by Gasteiger charge is -2.14. The molecule has 0 bridgehead atoms. The fraction of sp³-hybridized carbons (Fsp3) is 0.286. The van der Waals surface area contributed by atoms with Crippen molar-refractivity contribution in [3.8, 4) is 5.75 Å². The number of rotatable bonds is 7. The van der Waals surface area contributed by atoms with Crippen molar-refractivity contribution in [2.75, 3.05) is 11.1 Å². The second-order valence-corrected chi connectivity index (χ2v) is 8.08. The maximum absolute atomic E-state index is 12.3. The quantitative estimate of drug-likeness (QED) is 0.536. The van der Waals surface area contributed by atoms with Gasteiger partial charge in [0.2, 0.25) is 5.91 Å². The van der Waals surface area contributed by atoms with Gasteiger partial charge in [-0.05, 0) is 56.2 Å². The van der Waals surface area contributed by atoms with Crippen LogP contribution >= 0.6 is 23.4 Å². The molecule has 152 valence electrons. The minimum Gasteiger partial charge on any atom is -0.483 e. The van der Waals surface area contributed by atoms with Gasteiger partial charge in [-0.2, -0.15) is 0 Å². The Bertz CT molecular complexity index is 1020. The molecule has 1 amide bonds. The molecule has 1 heterocycles. The van der Waals surface area contributed by atoms with Gasteiger partial charge in [-0.15, -0.1) is 10.2 Å². The Kier molecular flexibility index (Phi) is 6.82. The van der Waals surface area contributed by atoms with Crippen LogP contribution in [0.3, 0.4) is 0 Å². The SMILES string of the molecule is Cc1cccc(OC(C)c2nnc(SCC(=O)Nc3cccc(Cl)c3C)n2C)c1. The first kappa shape index (κ1) is 21.2. The van der Waals surface area contributed by atoms with E-state index in [1.165, 1.54) is 11.8 Å². The van der Waals surface area contributed by atoms with Gasteiger partial charge in [0, 0.05) is 17.8 Å². The Morgan fingerprint density at radius 1 is 1.24 bits per heavy atom. The molecule has 29 heavy (non-hydrogen) atoms. The first-order valence-corrected chi connectivity index (χ1v) is 10.5. The summed E-state index contributed by atoms with van der Waals surface area (Å²) >= 11 is 7.42. The summed E-state index contributed by atoms with van der Waals surface area (Å²) in [6, 6.07) is 13.3. The van der Waals surface area contributed by atoms with Crippen LogP contribution in [0.2, 0.25) is 5.02 Å². The zero-order valence-electron chi connectivity index (χ0n) is 16.8. The monoisotopic (exact) mass is 430 g/mol. The maximum Gasteiger partial charge on any atom is 0.234 e. The Labute approximate surface area is 179 Å². The van der Waals surface area contributed by atoms with Gasteiger partial charge in [-0.3, -0.25) is 4.79 Å². The molecule has 8 heteroatoms. The summed E-state index contributed by atoms with van der Waals surface area (Å²) in [5, 5.41) is 12.6.